The lowest BCUT2D eigenvalue weighted by Gasteiger charge is -2.31. The highest BCUT2D eigenvalue weighted by Gasteiger charge is 2.34. The van der Waals surface area contributed by atoms with E-state index in [1.165, 1.54) is 6.07 Å². The molecule has 0 aliphatic rings. The van der Waals surface area contributed by atoms with Crippen LogP contribution in [0, 0.1) is 5.92 Å². The summed E-state index contributed by atoms with van der Waals surface area (Å²) in [4.78, 5) is 2.02. The van der Waals surface area contributed by atoms with Crippen LogP contribution < -0.4 is 10.2 Å². The Balaban J connectivity index is 3.25. The van der Waals surface area contributed by atoms with Crippen LogP contribution in [-0.2, 0) is 12.7 Å². The monoisotopic (exact) mass is 302 g/mol. The maximum Gasteiger partial charge on any atom is 0.416 e. The summed E-state index contributed by atoms with van der Waals surface area (Å²) in [5, 5.41) is 2.79. The lowest BCUT2D eigenvalue weighted by atomic mass is 10.0. The van der Waals surface area contributed by atoms with Gasteiger partial charge >= 0.3 is 6.18 Å². The summed E-state index contributed by atoms with van der Waals surface area (Å²) in [6.45, 7) is 9.07. The second-order valence-corrected chi connectivity index (χ2v) is 6.01. The lowest BCUT2D eigenvalue weighted by molar-refractivity contribution is -0.138. The number of anilines is 1. The fourth-order valence-electron chi connectivity index (χ4n) is 2.36. The second kappa shape index (κ2) is 7.16. The van der Waals surface area contributed by atoms with Gasteiger partial charge in [-0.1, -0.05) is 19.9 Å². The predicted octanol–water partition coefficient (Wildman–Crippen LogP) is 4.30. The smallest absolute Gasteiger partial charge is 0.369 e. The zero-order valence-electron chi connectivity index (χ0n) is 13.4. The minimum absolute atomic E-state index is 0.156. The fraction of sp³-hybridized carbons (Fsp3) is 0.625. The summed E-state index contributed by atoms with van der Waals surface area (Å²) in [7, 11) is 1.65. The summed E-state index contributed by atoms with van der Waals surface area (Å²) in [6, 6.07) is 4.78. The van der Waals surface area contributed by atoms with E-state index >= 15 is 0 Å². The molecule has 0 fully saturated rings. The molecule has 0 saturated carbocycles. The highest BCUT2D eigenvalue weighted by atomic mass is 19.4. The average Bonchev–Trinajstić information content (AvgIpc) is 2.35. The molecule has 0 amide bonds. The first kappa shape index (κ1) is 17.8. The van der Waals surface area contributed by atoms with E-state index < -0.39 is 11.7 Å². The number of halogens is 3. The SMILES string of the molecule is CNCc1ccc(N(CC(C)C)C(C)C)cc1C(F)(F)F. The molecular weight excluding hydrogens is 277 g/mol. The Hall–Kier alpha value is -1.23. The number of hydrogen-bond donors (Lipinski definition) is 1. The van der Waals surface area contributed by atoms with Crippen molar-refractivity contribution in [3.63, 3.8) is 0 Å². The van der Waals surface area contributed by atoms with E-state index in [1.807, 2.05) is 18.7 Å². The van der Waals surface area contributed by atoms with Crippen molar-refractivity contribution in [2.24, 2.45) is 5.92 Å². The van der Waals surface area contributed by atoms with E-state index in [9.17, 15) is 13.2 Å². The molecular formula is C16H25F3N2. The van der Waals surface area contributed by atoms with E-state index in [4.69, 9.17) is 0 Å². The van der Waals surface area contributed by atoms with Gasteiger partial charge in [0.1, 0.15) is 0 Å². The molecule has 1 aromatic carbocycles. The quantitative estimate of drug-likeness (QED) is 0.843. The van der Waals surface area contributed by atoms with Crippen molar-refractivity contribution >= 4 is 5.69 Å². The van der Waals surface area contributed by atoms with Crippen molar-refractivity contribution in [2.45, 2.75) is 46.5 Å². The van der Waals surface area contributed by atoms with E-state index in [1.54, 1.807) is 19.2 Å². The van der Waals surface area contributed by atoms with Crippen molar-refractivity contribution in [1.29, 1.82) is 0 Å². The van der Waals surface area contributed by atoms with Gasteiger partial charge < -0.3 is 10.2 Å². The largest absolute Gasteiger partial charge is 0.416 e. The molecule has 0 bridgehead atoms. The lowest BCUT2D eigenvalue weighted by Crippen LogP contribution is -2.34. The number of benzene rings is 1. The third-order valence-electron chi connectivity index (χ3n) is 3.28. The van der Waals surface area contributed by atoms with E-state index in [-0.39, 0.29) is 18.2 Å². The van der Waals surface area contributed by atoms with Crippen LogP contribution in [0.5, 0.6) is 0 Å². The summed E-state index contributed by atoms with van der Waals surface area (Å²) >= 11 is 0. The number of hydrogen-bond acceptors (Lipinski definition) is 2. The van der Waals surface area contributed by atoms with Crippen LogP contribution in [0.4, 0.5) is 18.9 Å². The van der Waals surface area contributed by atoms with E-state index in [0.29, 0.717) is 11.6 Å². The number of rotatable bonds is 6. The van der Waals surface area contributed by atoms with Gasteiger partial charge in [0.05, 0.1) is 5.56 Å². The van der Waals surface area contributed by atoms with Gasteiger partial charge in [-0.05, 0) is 44.5 Å². The first-order chi connectivity index (χ1) is 9.66. The summed E-state index contributed by atoms with van der Waals surface area (Å²) in [5.41, 5.74) is 0.358. The Bertz CT molecular complexity index is 453. The van der Waals surface area contributed by atoms with E-state index in [2.05, 4.69) is 19.2 Å². The van der Waals surface area contributed by atoms with Crippen molar-refractivity contribution in [2.75, 3.05) is 18.5 Å². The third-order valence-corrected chi connectivity index (χ3v) is 3.28. The molecule has 0 saturated heterocycles. The summed E-state index contributed by atoms with van der Waals surface area (Å²) in [5.74, 6) is 0.388. The van der Waals surface area contributed by atoms with Gasteiger partial charge in [-0.15, -0.1) is 0 Å². The Kier molecular flexibility index (Phi) is 6.08. The molecule has 1 N–H and O–H groups in total. The van der Waals surface area contributed by atoms with Gasteiger partial charge in [-0.2, -0.15) is 13.2 Å². The van der Waals surface area contributed by atoms with Crippen molar-refractivity contribution in [3.8, 4) is 0 Å². The molecule has 1 aromatic rings. The minimum atomic E-state index is -4.33. The first-order valence-electron chi connectivity index (χ1n) is 7.28. The Labute approximate surface area is 125 Å². The van der Waals surface area contributed by atoms with Crippen LogP contribution in [0.2, 0.25) is 0 Å². The Morgan fingerprint density at radius 1 is 1.14 bits per heavy atom. The van der Waals surface area contributed by atoms with Gasteiger partial charge in [0.2, 0.25) is 0 Å². The molecule has 2 nitrogen and oxygen atoms in total. The topological polar surface area (TPSA) is 15.3 Å². The second-order valence-electron chi connectivity index (χ2n) is 6.01. The molecule has 5 heteroatoms. The van der Waals surface area contributed by atoms with Crippen LogP contribution in [0.15, 0.2) is 18.2 Å². The highest BCUT2D eigenvalue weighted by Crippen LogP contribution is 2.35. The number of alkyl halides is 3. The molecule has 0 aromatic heterocycles. The molecule has 0 unspecified atom stereocenters. The van der Waals surface area contributed by atoms with Crippen molar-refractivity contribution in [1.82, 2.24) is 5.32 Å². The third kappa shape index (κ3) is 4.92. The maximum atomic E-state index is 13.2. The molecule has 1 rings (SSSR count). The number of nitrogens with one attached hydrogen (secondary N) is 1. The standard InChI is InChI=1S/C16H25F3N2/c1-11(2)10-21(12(3)4)14-7-6-13(9-20-5)15(8-14)16(17,18)19/h6-8,11-12,20H,9-10H2,1-5H3. The van der Waals surface area contributed by atoms with Crippen molar-refractivity contribution < 1.29 is 13.2 Å². The van der Waals surface area contributed by atoms with Crippen LogP contribution in [0.25, 0.3) is 0 Å². The average molecular weight is 302 g/mol. The molecule has 120 valence electrons. The van der Waals surface area contributed by atoms with Crippen LogP contribution in [0.1, 0.15) is 38.8 Å². The predicted molar refractivity (Wildman–Crippen MR) is 81.5 cm³/mol. The Morgan fingerprint density at radius 3 is 2.19 bits per heavy atom. The molecule has 0 spiro atoms. The summed E-state index contributed by atoms with van der Waals surface area (Å²) in [6.07, 6.45) is -4.33. The maximum absolute atomic E-state index is 13.2. The zero-order chi connectivity index (χ0) is 16.2. The molecule has 0 aliphatic heterocycles. The Morgan fingerprint density at radius 2 is 1.76 bits per heavy atom. The van der Waals surface area contributed by atoms with Gasteiger partial charge in [-0.25, -0.2) is 0 Å². The molecule has 21 heavy (non-hydrogen) atoms. The highest BCUT2D eigenvalue weighted by molar-refractivity contribution is 5.52. The zero-order valence-corrected chi connectivity index (χ0v) is 13.4. The van der Waals surface area contributed by atoms with E-state index in [0.717, 1.165) is 6.54 Å². The molecule has 0 heterocycles. The number of nitrogens with zero attached hydrogens (tertiary/aromatic N) is 1. The van der Waals surface area contributed by atoms with Gasteiger partial charge in [0.15, 0.2) is 0 Å². The molecule has 0 atom stereocenters. The first-order valence-corrected chi connectivity index (χ1v) is 7.28. The van der Waals surface area contributed by atoms with Gasteiger partial charge in [-0.3, -0.25) is 0 Å². The molecule has 0 radical (unpaired) electrons. The normalized spacial score (nSPS) is 12.3. The summed E-state index contributed by atoms with van der Waals surface area (Å²) < 4.78 is 39.7. The van der Waals surface area contributed by atoms with Crippen LogP contribution in [0.3, 0.4) is 0 Å². The van der Waals surface area contributed by atoms with Crippen LogP contribution >= 0.6 is 0 Å². The molecule has 0 aliphatic carbocycles. The van der Waals surface area contributed by atoms with Crippen molar-refractivity contribution in [3.05, 3.63) is 29.3 Å². The fourth-order valence-corrected chi connectivity index (χ4v) is 2.36. The van der Waals surface area contributed by atoms with Crippen LogP contribution in [-0.4, -0.2) is 19.6 Å². The minimum Gasteiger partial charge on any atom is -0.369 e. The van der Waals surface area contributed by atoms with Gasteiger partial charge in [0, 0.05) is 24.8 Å². The van der Waals surface area contributed by atoms with Gasteiger partial charge in [0.25, 0.3) is 0 Å².